The standard InChI is InChI=1S/C9H7NO.C6H6O2/c11-9-6-5-7-3-1-2-4-8(7)10-9;7-5-1-2-6(8)4-3-5/h1-6H,(H,10,11);1-4,7-8H. The molecule has 0 saturated carbocycles. The largest absolute Gasteiger partial charge is 0.508 e. The molecule has 2 aromatic carbocycles. The topological polar surface area (TPSA) is 73.3 Å². The van der Waals surface area contributed by atoms with Crippen LogP contribution in [0.15, 0.2) is 65.5 Å². The van der Waals surface area contributed by atoms with E-state index in [0.717, 1.165) is 10.9 Å². The van der Waals surface area contributed by atoms with E-state index < -0.39 is 0 Å². The summed E-state index contributed by atoms with van der Waals surface area (Å²) in [5.74, 6) is 0.339. The first-order valence-electron chi connectivity index (χ1n) is 5.71. The molecule has 0 amide bonds. The lowest BCUT2D eigenvalue weighted by Crippen LogP contribution is -2.01. The van der Waals surface area contributed by atoms with E-state index in [0.29, 0.717) is 0 Å². The van der Waals surface area contributed by atoms with Crippen LogP contribution in [-0.4, -0.2) is 15.2 Å². The molecular weight excluding hydrogens is 242 g/mol. The molecule has 19 heavy (non-hydrogen) atoms. The zero-order valence-electron chi connectivity index (χ0n) is 10.1. The van der Waals surface area contributed by atoms with Crippen molar-refractivity contribution in [2.45, 2.75) is 0 Å². The van der Waals surface area contributed by atoms with Crippen molar-refractivity contribution in [1.82, 2.24) is 4.98 Å². The van der Waals surface area contributed by atoms with Gasteiger partial charge in [0.15, 0.2) is 0 Å². The summed E-state index contributed by atoms with van der Waals surface area (Å²) in [4.78, 5) is 13.6. The Morgan fingerprint density at radius 2 is 1.32 bits per heavy atom. The van der Waals surface area contributed by atoms with Crippen LogP contribution in [0, 0.1) is 0 Å². The van der Waals surface area contributed by atoms with Crippen LogP contribution in [0.25, 0.3) is 10.9 Å². The van der Waals surface area contributed by atoms with Crippen LogP contribution in [-0.2, 0) is 0 Å². The first kappa shape index (κ1) is 12.7. The Bertz CT molecular complexity index is 696. The van der Waals surface area contributed by atoms with Crippen molar-refractivity contribution < 1.29 is 10.2 Å². The van der Waals surface area contributed by atoms with Gasteiger partial charge in [-0.2, -0.15) is 0 Å². The van der Waals surface area contributed by atoms with Crippen molar-refractivity contribution in [2.24, 2.45) is 0 Å². The number of pyridine rings is 1. The van der Waals surface area contributed by atoms with Gasteiger partial charge in [0.2, 0.25) is 5.56 Å². The quantitative estimate of drug-likeness (QED) is 0.541. The van der Waals surface area contributed by atoms with Crippen LogP contribution in [0.1, 0.15) is 0 Å². The van der Waals surface area contributed by atoms with Crippen LogP contribution in [0.4, 0.5) is 0 Å². The number of aromatic amines is 1. The zero-order valence-corrected chi connectivity index (χ0v) is 10.1. The maximum absolute atomic E-state index is 10.8. The molecule has 0 unspecified atom stereocenters. The van der Waals surface area contributed by atoms with E-state index >= 15 is 0 Å². The predicted octanol–water partition coefficient (Wildman–Crippen LogP) is 2.63. The average molecular weight is 255 g/mol. The Morgan fingerprint density at radius 3 is 1.95 bits per heavy atom. The van der Waals surface area contributed by atoms with E-state index in [1.165, 1.54) is 30.3 Å². The summed E-state index contributed by atoms with van der Waals surface area (Å²) >= 11 is 0. The first-order valence-corrected chi connectivity index (χ1v) is 5.71. The highest BCUT2D eigenvalue weighted by atomic mass is 16.3. The number of phenolic OH excluding ortho intramolecular Hbond substituents is 2. The van der Waals surface area contributed by atoms with E-state index in [-0.39, 0.29) is 17.1 Å². The summed E-state index contributed by atoms with van der Waals surface area (Å²) in [6.45, 7) is 0. The summed E-state index contributed by atoms with van der Waals surface area (Å²) in [7, 11) is 0. The molecule has 0 bridgehead atoms. The van der Waals surface area contributed by atoms with Gasteiger partial charge in [0.1, 0.15) is 11.5 Å². The number of phenols is 2. The van der Waals surface area contributed by atoms with E-state index in [2.05, 4.69) is 4.98 Å². The van der Waals surface area contributed by atoms with Gasteiger partial charge in [-0.15, -0.1) is 0 Å². The van der Waals surface area contributed by atoms with Crippen LogP contribution in [0.3, 0.4) is 0 Å². The molecule has 1 aromatic heterocycles. The summed E-state index contributed by atoms with van der Waals surface area (Å²) < 4.78 is 0. The Kier molecular flexibility index (Phi) is 3.83. The second-order valence-corrected chi connectivity index (χ2v) is 3.93. The van der Waals surface area contributed by atoms with Gasteiger partial charge in [-0.25, -0.2) is 0 Å². The highest BCUT2D eigenvalue weighted by molar-refractivity contribution is 5.77. The second kappa shape index (κ2) is 5.73. The minimum Gasteiger partial charge on any atom is -0.508 e. The highest BCUT2D eigenvalue weighted by Crippen LogP contribution is 2.13. The van der Waals surface area contributed by atoms with Gasteiger partial charge in [0, 0.05) is 11.6 Å². The summed E-state index contributed by atoms with van der Waals surface area (Å²) in [6, 6.07) is 16.7. The summed E-state index contributed by atoms with van der Waals surface area (Å²) in [5.41, 5.74) is 0.837. The summed E-state index contributed by atoms with van der Waals surface area (Å²) in [5, 5.41) is 18.4. The number of para-hydroxylation sites is 1. The number of aromatic hydroxyl groups is 2. The first-order chi connectivity index (χ1) is 9.15. The molecule has 1 heterocycles. The number of aromatic nitrogens is 1. The fourth-order valence-electron chi connectivity index (χ4n) is 1.55. The fraction of sp³-hybridized carbons (Fsp3) is 0. The Morgan fingerprint density at radius 1 is 0.737 bits per heavy atom. The fourth-order valence-corrected chi connectivity index (χ4v) is 1.55. The van der Waals surface area contributed by atoms with Gasteiger partial charge in [-0.05, 0) is 41.8 Å². The molecule has 3 rings (SSSR count). The molecule has 0 aliphatic carbocycles. The molecule has 3 aromatic rings. The van der Waals surface area contributed by atoms with Gasteiger partial charge < -0.3 is 15.2 Å². The highest BCUT2D eigenvalue weighted by Gasteiger charge is 1.89. The minimum atomic E-state index is -0.0521. The molecular formula is C15H13NO3. The van der Waals surface area contributed by atoms with Gasteiger partial charge in [0.05, 0.1) is 0 Å². The second-order valence-electron chi connectivity index (χ2n) is 3.93. The molecule has 96 valence electrons. The number of nitrogens with one attached hydrogen (secondary N) is 1. The molecule has 0 aliphatic heterocycles. The van der Waals surface area contributed by atoms with Crippen molar-refractivity contribution in [3.05, 3.63) is 71.0 Å². The van der Waals surface area contributed by atoms with Gasteiger partial charge in [-0.1, -0.05) is 18.2 Å². The van der Waals surface area contributed by atoms with Gasteiger partial charge in [-0.3, -0.25) is 4.79 Å². The van der Waals surface area contributed by atoms with Crippen LogP contribution < -0.4 is 5.56 Å². The Balaban J connectivity index is 0.000000148. The van der Waals surface area contributed by atoms with E-state index in [1.54, 1.807) is 0 Å². The van der Waals surface area contributed by atoms with Gasteiger partial charge in [0.25, 0.3) is 0 Å². The molecule has 0 atom stereocenters. The number of fused-ring (bicyclic) bond motifs is 1. The predicted molar refractivity (Wildman–Crippen MR) is 74.3 cm³/mol. The number of hydrogen-bond acceptors (Lipinski definition) is 3. The van der Waals surface area contributed by atoms with Crippen molar-refractivity contribution in [3.8, 4) is 11.5 Å². The maximum Gasteiger partial charge on any atom is 0.248 e. The third-order valence-corrected chi connectivity index (χ3v) is 2.48. The SMILES string of the molecule is O=c1ccc2ccccc2[nH]1.Oc1ccc(O)cc1. The third-order valence-electron chi connectivity index (χ3n) is 2.48. The lowest BCUT2D eigenvalue weighted by molar-refractivity contribution is 0.460. The normalized spacial score (nSPS) is 9.68. The Hall–Kier alpha value is -2.75. The molecule has 4 nitrogen and oxygen atoms in total. The van der Waals surface area contributed by atoms with Crippen LogP contribution >= 0.6 is 0 Å². The van der Waals surface area contributed by atoms with Crippen LogP contribution in [0.5, 0.6) is 11.5 Å². The molecule has 3 N–H and O–H groups in total. The van der Waals surface area contributed by atoms with Crippen molar-refractivity contribution in [1.29, 1.82) is 0 Å². The lowest BCUT2D eigenvalue weighted by atomic mass is 10.2. The summed E-state index contributed by atoms with van der Waals surface area (Å²) in [6.07, 6.45) is 0. The van der Waals surface area contributed by atoms with E-state index in [1.807, 2.05) is 30.3 Å². The van der Waals surface area contributed by atoms with Crippen LogP contribution in [0.2, 0.25) is 0 Å². The lowest BCUT2D eigenvalue weighted by Gasteiger charge is -1.93. The Labute approximate surface area is 109 Å². The molecule has 0 aliphatic rings. The zero-order chi connectivity index (χ0) is 13.7. The molecule has 0 fully saturated rings. The monoisotopic (exact) mass is 255 g/mol. The number of rotatable bonds is 0. The third kappa shape index (κ3) is 3.61. The van der Waals surface area contributed by atoms with Crippen molar-refractivity contribution in [2.75, 3.05) is 0 Å². The molecule has 4 heteroatoms. The number of benzene rings is 2. The van der Waals surface area contributed by atoms with Crippen molar-refractivity contribution in [3.63, 3.8) is 0 Å². The van der Waals surface area contributed by atoms with E-state index in [4.69, 9.17) is 10.2 Å². The van der Waals surface area contributed by atoms with E-state index in [9.17, 15) is 4.79 Å². The number of hydrogen-bond donors (Lipinski definition) is 3. The van der Waals surface area contributed by atoms with Crippen molar-refractivity contribution >= 4 is 10.9 Å². The minimum absolute atomic E-state index is 0.0521. The molecule has 0 radical (unpaired) electrons. The average Bonchev–Trinajstić information content (AvgIpc) is 2.43. The molecule has 0 spiro atoms. The smallest absolute Gasteiger partial charge is 0.248 e. The van der Waals surface area contributed by atoms with Gasteiger partial charge >= 0.3 is 0 Å². The number of H-pyrrole nitrogens is 1. The molecule has 0 saturated heterocycles. The maximum atomic E-state index is 10.8.